The van der Waals surface area contributed by atoms with E-state index in [2.05, 4.69) is 42.9 Å². The van der Waals surface area contributed by atoms with Crippen molar-refractivity contribution in [3.05, 3.63) is 84.2 Å². The van der Waals surface area contributed by atoms with Crippen molar-refractivity contribution in [2.24, 2.45) is 0 Å². The molecule has 43 heavy (non-hydrogen) atoms. The van der Waals surface area contributed by atoms with Crippen molar-refractivity contribution >= 4 is 22.1 Å². The molecule has 0 aliphatic heterocycles. The SMILES string of the molecule is Cc1ccc2nc(-c3ccc(OCCOCCOCCOc4ccc(-c5nc6ccc(CO)cc6[nH]5)nc4)cn3)[nH]c2c1. The highest BCUT2D eigenvalue weighted by Gasteiger charge is 2.09. The first-order valence-corrected chi connectivity index (χ1v) is 14.0. The summed E-state index contributed by atoms with van der Waals surface area (Å²) in [6.07, 6.45) is 3.35. The number of nitrogens with zero attached hydrogens (tertiary/aromatic N) is 4. The van der Waals surface area contributed by atoms with E-state index in [4.69, 9.17) is 18.9 Å². The Labute approximate surface area is 247 Å². The molecule has 4 aromatic heterocycles. The number of benzene rings is 2. The lowest BCUT2D eigenvalue weighted by Crippen LogP contribution is -2.13. The number of aromatic amines is 2. The molecule has 0 fully saturated rings. The first-order valence-electron chi connectivity index (χ1n) is 14.0. The van der Waals surface area contributed by atoms with Crippen LogP contribution in [0.4, 0.5) is 0 Å². The summed E-state index contributed by atoms with van der Waals surface area (Å²) in [4.78, 5) is 24.6. The minimum absolute atomic E-state index is 0.0133. The summed E-state index contributed by atoms with van der Waals surface area (Å²) in [6, 6.07) is 19.2. The van der Waals surface area contributed by atoms with Crippen molar-refractivity contribution in [2.45, 2.75) is 13.5 Å². The molecule has 0 bridgehead atoms. The number of H-pyrrole nitrogens is 2. The van der Waals surface area contributed by atoms with Crippen molar-refractivity contribution in [3.8, 4) is 34.5 Å². The molecule has 11 heteroatoms. The lowest BCUT2D eigenvalue weighted by molar-refractivity contribution is 0.0273. The summed E-state index contributed by atoms with van der Waals surface area (Å²) in [7, 11) is 0. The number of fused-ring (bicyclic) bond motifs is 2. The third-order valence-corrected chi connectivity index (χ3v) is 6.69. The number of imidazole rings is 2. The molecule has 0 saturated carbocycles. The predicted octanol–water partition coefficient (Wildman–Crippen LogP) is 4.85. The fraction of sp³-hybridized carbons (Fsp3) is 0.250. The van der Waals surface area contributed by atoms with Gasteiger partial charge in [-0.05, 0) is 66.6 Å². The summed E-state index contributed by atoms with van der Waals surface area (Å²) in [6.45, 7) is 4.64. The van der Waals surface area contributed by atoms with Crippen molar-refractivity contribution < 1.29 is 24.1 Å². The van der Waals surface area contributed by atoms with E-state index in [1.54, 1.807) is 12.4 Å². The third kappa shape index (κ3) is 7.15. The van der Waals surface area contributed by atoms with Crippen LogP contribution in [-0.4, -0.2) is 74.7 Å². The Kier molecular flexibility index (Phi) is 8.83. The Hall–Kier alpha value is -4.84. The number of nitrogens with one attached hydrogen (secondary N) is 2. The van der Waals surface area contributed by atoms with Gasteiger partial charge in [-0.25, -0.2) is 19.9 Å². The van der Waals surface area contributed by atoms with Gasteiger partial charge in [0.25, 0.3) is 0 Å². The molecule has 2 aromatic carbocycles. The van der Waals surface area contributed by atoms with E-state index in [-0.39, 0.29) is 6.61 Å². The molecular formula is C32H32N6O5. The summed E-state index contributed by atoms with van der Waals surface area (Å²) >= 11 is 0. The van der Waals surface area contributed by atoms with Gasteiger partial charge < -0.3 is 34.0 Å². The molecule has 11 nitrogen and oxygen atoms in total. The first-order chi connectivity index (χ1) is 21.1. The fourth-order valence-corrected chi connectivity index (χ4v) is 4.49. The van der Waals surface area contributed by atoms with Crippen molar-refractivity contribution in [1.82, 2.24) is 29.9 Å². The summed E-state index contributed by atoms with van der Waals surface area (Å²) in [5, 5.41) is 9.32. The number of aliphatic hydroxyl groups excluding tert-OH is 1. The third-order valence-electron chi connectivity index (χ3n) is 6.69. The van der Waals surface area contributed by atoms with E-state index >= 15 is 0 Å². The van der Waals surface area contributed by atoms with E-state index in [0.717, 1.165) is 39.1 Å². The standard InChI is InChI=1S/C32H32N6O5/c1-21-2-6-25-29(16-21)37-31(35-25)27-8-4-23(18-33-27)42-14-12-40-10-11-41-13-15-43-24-5-9-28(34-19-24)32-36-26-7-3-22(20-39)17-30(26)38-32/h2-9,16-19,39H,10-15,20H2,1H3,(H,35,37)(H,36,38). The minimum Gasteiger partial charge on any atom is -0.490 e. The second kappa shape index (κ2) is 13.4. The van der Waals surface area contributed by atoms with Crippen LogP contribution in [0.3, 0.4) is 0 Å². The van der Waals surface area contributed by atoms with E-state index < -0.39 is 0 Å². The summed E-state index contributed by atoms with van der Waals surface area (Å²) in [5.74, 6) is 2.71. The maximum Gasteiger partial charge on any atom is 0.157 e. The molecule has 0 amide bonds. The second-order valence-corrected chi connectivity index (χ2v) is 9.88. The van der Waals surface area contributed by atoms with E-state index in [1.165, 1.54) is 5.56 Å². The number of pyridine rings is 2. The molecule has 3 N–H and O–H groups in total. The van der Waals surface area contributed by atoms with Crippen LogP contribution in [0.5, 0.6) is 11.5 Å². The maximum absolute atomic E-state index is 9.32. The van der Waals surface area contributed by atoms with Gasteiger partial charge in [-0.3, -0.25) is 0 Å². The molecule has 0 aliphatic carbocycles. The van der Waals surface area contributed by atoms with Gasteiger partial charge in [-0.2, -0.15) is 0 Å². The molecule has 0 spiro atoms. The van der Waals surface area contributed by atoms with Crippen LogP contribution in [0.15, 0.2) is 73.1 Å². The summed E-state index contributed by atoms with van der Waals surface area (Å²) in [5.41, 5.74) is 7.06. The van der Waals surface area contributed by atoms with Crippen molar-refractivity contribution in [2.75, 3.05) is 39.6 Å². The molecular weight excluding hydrogens is 548 g/mol. The Morgan fingerprint density at radius 1 is 0.628 bits per heavy atom. The topological polar surface area (TPSA) is 140 Å². The first kappa shape index (κ1) is 28.3. The van der Waals surface area contributed by atoms with Crippen LogP contribution in [0.1, 0.15) is 11.1 Å². The number of hydrogen-bond acceptors (Lipinski definition) is 9. The molecule has 220 valence electrons. The average molecular weight is 581 g/mol. The number of aromatic nitrogens is 6. The quantitative estimate of drug-likeness (QED) is 0.154. The number of aryl methyl sites for hydroxylation is 1. The molecule has 0 atom stereocenters. The molecule has 4 heterocycles. The highest BCUT2D eigenvalue weighted by atomic mass is 16.6. The lowest BCUT2D eigenvalue weighted by Gasteiger charge is -2.09. The van der Waals surface area contributed by atoms with E-state index in [9.17, 15) is 5.11 Å². The highest BCUT2D eigenvalue weighted by Crippen LogP contribution is 2.23. The normalized spacial score (nSPS) is 11.4. The molecule has 6 aromatic rings. The Balaban J connectivity index is 0.836. The van der Waals surface area contributed by atoms with Gasteiger partial charge in [0.2, 0.25) is 0 Å². The predicted molar refractivity (Wildman–Crippen MR) is 162 cm³/mol. The zero-order valence-corrected chi connectivity index (χ0v) is 23.7. The van der Waals surface area contributed by atoms with E-state index in [1.807, 2.05) is 54.6 Å². The van der Waals surface area contributed by atoms with Gasteiger partial charge in [0.05, 0.1) is 67.5 Å². The fourth-order valence-electron chi connectivity index (χ4n) is 4.49. The Bertz CT molecular complexity index is 1780. The maximum atomic E-state index is 9.32. The largest absolute Gasteiger partial charge is 0.490 e. The summed E-state index contributed by atoms with van der Waals surface area (Å²) < 4.78 is 22.6. The van der Waals surface area contributed by atoms with Crippen LogP contribution in [-0.2, 0) is 16.1 Å². The Morgan fingerprint density at radius 3 is 1.70 bits per heavy atom. The number of aliphatic hydroxyl groups is 1. The van der Waals surface area contributed by atoms with Gasteiger partial charge >= 0.3 is 0 Å². The zero-order valence-electron chi connectivity index (χ0n) is 23.7. The van der Waals surface area contributed by atoms with Gasteiger partial charge in [0.15, 0.2) is 11.6 Å². The molecule has 6 rings (SSSR count). The molecule has 0 radical (unpaired) electrons. The van der Waals surface area contributed by atoms with Gasteiger partial charge in [-0.15, -0.1) is 0 Å². The monoisotopic (exact) mass is 580 g/mol. The highest BCUT2D eigenvalue weighted by molar-refractivity contribution is 5.80. The smallest absolute Gasteiger partial charge is 0.157 e. The van der Waals surface area contributed by atoms with Crippen LogP contribution >= 0.6 is 0 Å². The average Bonchev–Trinajstić information content (AvgIpc) is 3.66. The number of ether oxygens (including phenoxy) is 4. The van der Waals surface area contributed by atoms with Crippen molar-refractivity contribution in [1.29, 1.82) is 0 Å². The van der Waals surface area contributed by atoms with Crippen LogP contribution in [0.2, 0.25) is 0 Å². The van der Waals surface area contributed by atoms with Crippen molar-refractivity contribution in [3.63, 3.8) is 0 Å². The van der Waals surface area contributed by atoms with Gasteiger partial charge in [0.1, 0.15) is 36.1 Å². The van der Waals surface area contributed by atoms with Gasteiger partial charge in [0, 0.05) is 0 Å². The van der Waals surface area contributed by atoms with E-state index in [0.29, 0.717) is 62.7 Å². The lowest BCUT2D eigenvalue weighted by atomic mass is 10.2. The van der Waals surface area contributed by atoms with Crippen LogP contribution in [0, 0.1) is 6.92 Å². The Morgan fingerprint density at radius 2 is 1.16 bits per heavy atom. The molecule has 0 saturated heterocycles. The molecule has 0 aliphatic rings. The zero-order chi connectivity index (χ0) is 29.4. The number of rotatable bonds is 14. The van der Waals surface area contributed by atoms with Crippen LogP contribution < -0.4 is 9.47 Å². The van der Waals surface area contributed by atoms with Crippen LogP contribution in [0.25, 0.3) is 45.1 Å². The minimum atomic E-state index is -0.0133. The molecule has 0 unspecified atom stereocenters. The number of hydrogen-bond donors (Lipinski definition) is 3. The van der Waals surface area contributed by atoms with Gasteiger partial charge in [-0.1, -0.05) is 12.1 Å². The second-order valence-electron chi connectivity index (χ2n) is 9.88.